The molecule has 0 atom stereocenters. The molecule has 22 heavy (non-hydrogen) atoms. The van der Waals surface area contributed by atoms with Crippen LogP contribution in [0.4, 0.5) is 0 Å². The van der Waals surface area contributed by atoms with Crippen molar-refractivity contribution in [2.75, 3.05) is 6.61 Å². The molecule has 114 valence electrons. The van der Waals surface area contributed by atoms with Gasteiger partial charge in [0.2, 0.25) is 0 Å². The first-order chi connectivity index (χ1) is 10.6. The Kier molecular flexibility index (Phi) is 5.14. The van der Waals surface area contributed by atoms with Crippen LogP contribution >= 0.6 is 0 Å². The molecular formula is C17H17NO4. The smallest absolute Gasteiger partial charge is 0.342 e. The number of carbonyl (C=O) groups is 2. The number of hydrogen-bond donors (Lipinski definition) is 1. The zero-order valence-electron chi connectivity index (χ0n) is 12.2. The molecule has 0 unspecified atom stereocenters. The molecule has 0 aliphatic rings. The van der Waals surface area contributed by atoms with Gasteiger partial charge < -0.3 is 15.2 Å². The molecule has 0 spiro atoms. The highest BCUT2D eigenvalue weighted by atomic mass is 16.5. The SMILES string of the molecule is Cc1cccc(COc2ccccc2C(=O)OCC(N)=O)c1. The van der Waals surface area contributed by atoms with Gasteiger partial charge in [-0.15, -0.1) is 0 Å². The van der Waals surface area contributed by atoms with Crippen molar-refractivity contribution in [3.05, 3.63) is 65.2 Å². The van der Waals surface area contributed by atoms with Gasteiger partial charge in [0.1, 0.15) is 17.9 Å². The third kappa shape index (κ3) is 4.34. The van der Waals surface area contributed by atoms with Crippen molar-refractivity contribution < 1.29 is 19.1 Å². The maximum Gasteiger partial charge on any atom is 0.342 e. The van der Waals surface area contributed by atoms with Crippen molar-refractivity contribution >= 4 is 11.9 Å². The van der Waals surface area contributed by atoms with Gasteiger partial charge in [0.25, 0.3) is 5.91 Å². The van der Waals surface area contributed by atoms with E-state index in [2.05, 4.69) is 0 Å². The number of esters is 1. The minimum Gasteiger partial charge on any atom is -0.488 e. The maximum absolute atomic E-state index is 11.9. The summed E-state index contributed by atoms with van der Waals surface area (Å²) in [6.45, 7) is 1.88. The monoisotopic (exact) mass is 299 g/mol. The van der Waals surface area contributed by atoms with Crippen LogP contribution in [0.25, 0.3) is 0 Å². The number of carbonyl (C=O) groups excluding carboxylic acids is 2. The van der Waals surface area contributed by atoms with E-state index >= 15 is 0 Å². The van der Waals surface area contributed by atoms with Gasteiger partial charge in [0, 0.05) is 0 Å². The minimum absolute atomic E-state index is 0.261. The summed E-state index contributed by atoms with van der Waals surface area (Å²) in [4.78, 5) is 22.6. The van der Waals surface area contributed by atoms with Gasteiger partial charge in [-0.05, 0) is 24.6 Å². The Labute approximate surface area is 128 Å². The van der Waals surface area contributed by atoms with E-state index < -0.39 is 18.5 Å². The first kappa shape index (κ1) is 15.6. The zero-order valence-corrected chi connectivity index (χ0v) is 12.2. The fraction of sp³-hybridized carbons (Fsp3) is 0.176. The van der Waals surface area contributed by atoms with Crippen LogP contribution in [0.1, 0.15) is 21.5 Å². The van der Waals surface area contributed by atoms with E-state index in [0.29, 0.717) is 12.4 Å². The number of nitrogens with two attached hydrogens (primary N) is 1. The lowest BCUT2D eigenvalue weighted by Crippen LogP contribution is -2.21. The van der Waals surface area contributed by atoms with E-state index in [9.17, 15) is 9.59 Å². The van der Waals surface area contributed by atoms with Crippen molar-refractivity contribution in [3.63, 3.8) is 0 Å². The van der Waals surface area contributed by atoms with Gasteiger partial charge in [-0.1, -0.05) is 42.0 Å². The Bertz CT molecular complexity index is 682. The van der Waals surface area contributed by atoms with Crippen LogP contribution in [0.3, 0.4) is 0 Å². The third-order valence-corrected chi connectivity index (χ3v) is 2.93. The van der Waals surface area contributed by atoms with Crippen LogP contribution in [-0.2, 0) is 16.1 Å². The van der Waals surface area contributed by atoms with E-state index in [1.807, 2.05) is 31.2 Å². The van der Waals surface area contributed by atoms with Gasteiger partial charge in [0.15, 0.2) is 6.61 Å². The molecule has 0 saturated heterocycles. The van der Waals surface area contributed by atoms with E-state index in [1.165, 1.54) is 0 Å². The molecule has 0 aliphatic carbocycles. The zero-order chi connectivity index (χ0) is 15.9. The summed E-state index contributed by atoms with van der Waals surface area (Å²) in [5, 5.41) is 0. The molecule has 0 radical (unpaired) electrons. The second-order valence-electron chi connectivity index (χ2n) is 4.82. The van der Waals surface area contributed by atoms with Crippen LogP contribution in [0.15, 0.2) is 48.5 Å². The highest BCUT2D eigenvalue weighted by Gasteiger charge is 2.14. The van der Waals surface area contributed by atoms with E-state index in [-0.39, 0.29) is 5.56 Å². The number of para-hydroxylation sites is 1. The average molecular weight is 299 g/mol. The van der Waals surface area contributed by atoms with E-state index in [0.717, 1.165) is 11.1 Å². The second kappa shape index (κ2) is 7.26. The highest BCUT2D eigenvalue weighted by molar-refractivity contribution is 5.93. The first-order valence-corrected chi connectivity index (χ1v) is 6.79. The van der Waals surface area contributed by atoms with Gasteiger partial charge in [0.05, 0.1) is 0 Å². The Hall–Kier alpha value is -2.82. The summed E-state index contributed by atoms with van der Waals surface area (Å²) < 4.78 is 10.5. The molecule has 2 aromatic rings. The molecule has 0 heterocycles. The minimum atomic E-state index is -0.702. The lowest BCUT2D eigenvalue weighted by molar-refractivity contribution is -0.121. The molecule has 0 saturated carbocycles. The van der Waals surface area contributed by atoms with Crippen molar-refractivity contribution in [1.82, 2.24) is 0 Å². The summed E-state index contributed by atoms with van der Waals surface area (Å²) in [7, 11) is 0. The molecular weight excluding hydrogens is 282 g/mol. The van der Waals surface area contributed by atoms with Gasteiger partial charge >= 0.3 is 5.97 Å². The molecule has 0 bridgehead atoms. The lowest BCUT2D eigenvalue weighted by Gasteiger charge is -2.11. The summed E-state index contributed by atoms with van der Waals surface area (Å²) in [6.07, 6.45) is 0. The number of rotatable bonds is 6. The van der Waals surface area contributed by atoms with Crippen LogP contribution in [0, 0.1) is 6.92 Å². The van der Waals surface area contributed by atoms with Gasteiger partial charge in [-0.2, -0.15) is 0 Å². The fourth-order valence-corrected chi connectivity index (χ4v) is 1.94. The van der Waals surface area contributed by atoms with Gasteiger partial charge in [-0.25, -0.2) is 4.79 Å². The van der Waals surface area contributed by atoms with Gasteiger partial charge in [-0.3, -0.25) is 4.79 Å². The molecule has 0 fully saturated rings. The van der Waals surface area contributed by atoms with E-state index in [1.54, 1.807) is 24.3 Å². The van der Waals surface area contributed by atoms with Crippen LogP contribution < -0.4 is 10.5 Å². The topological polar surface area (TPSA) is 78.6 Å². The predicted molar refractivity (Wildman–Crippen MR) is 81.4 cm³/mol. The molecule has 2 N–H and O–H groups in total. The summed E-state index contributed by atoms with van der Waals surface area (Å²) in [5.74, 6) is -0.941. The highest BCUT2D eigenvalue weighted by Crippen LogP contribution is 2.20. The largest absolute Gasteiger partial charge is 0.488 e. The number of hydrogen-bond acceptors (Lipinski definition) is 4. The van der Waals surface area contributed by atoms with Crippen molar-refractivity contribution in [2.24, 2.45) is 5.73 Å². The number of benzene rings is 2. The predicted octanol–water partition coefficient (Wildman–Crippen LogP) is 2.22. The summed E-state index contributed by atoms with van der Waals surface area (Å²) >= 11 is 0. The third-order valence-electron chi connectivity index (χ3n) is 2.93. The molecule has 1 amide bonds. The van der Waals surface area contributed by atoms with Crippen LogP contribution in [0.2, 0.25) is 0 Å². The number of amides is 1. The van der Waals surface area contributed by atoms with Crippen LogP contribution in [-0.4, -0.2) is 18.5 Å². The molecule has 5 heteroatoms. The van der Waals surface area contributed by atoms with Crippen molar-refractivity contribution in [3.8, 4) is 5.75 Å². The molecule has 0 aliphatic heterocycles. The second-order valence-corrected chi connectivity index (χ2v) is 4.82. The average Bonchev–Trinajstić information content (AvgIpc) is 2.51. The number of aryl methyl sites for hydroxylation is 1. The van der Waals surface area contributed by atoms with E-state index in [4.69, 9.17) is 15.2 Å². The molecule has 2 aromatic carbocycles. The summed E-state index contributed by atoms with van der Waals surface area (Å²) in [6, 6.07) is 14.6. The van der Waals surface area contributed by atoms with Crippen molar-refractivity contribution in [1.29, 1.82) is 0 Å². The fourth-order valence-electron chi connectivity index (χ4n) is 1.94. The Morgan fingerprint density at radius 2 is 1.86 bits per heavy atom. The quantitative estimate of drug-likeness (QED) is 0.829. The standard InChI is InChI=1S/C17H17NO4/c1-12-5-4-6-13(9-12)10-21-15-8-3-2-7-14(15)17(20)22-11-16(18)19/h2-9H,10-11H2,1H3,(H2,18,19). The number of ether oxygens (including phenoxy) is 2. The molecule has 2 rings (SSSR count). The van der Waals surface area contributed by atoms with Crippen molar-refractivity contribution in [2.45, 2.75) is 13.5 Å². The lowest BCUT2D eigenvalue weighted by atomic mass is 10.1. The maximum atomic E-state index is 11.9. The van der Waals surface area contributed by atoms with Crippen LogP contribution in [0.5, 0.6) is 5.75 Å². The molecule has 5 nitrogen and oxygen atoms in total. The Balaban J connectivity index is 2.08. The molecule has 0 aromatic heterocycles. The first-order valence-electron chi connectivity index (χ1n) is 6.79. The Morgan fingerprint density at radius 1 is 1.09 bits per heavy atom. The summed E-state index contributed by atoms with van der Waals surface area (Å²) in [5.41, 5.74) is 7.35. The number of primary amides is 1. The Morgan fingerprint density at radius 3 is 2.59 bits per heavy atom. The normalized spacial score (nSPS) is 10.0.